The second-order valence-electron chi connectivity index (χ2n) is 9.43. The van der Waals surface area contributed by atoms with E-state index in [1.165, 1.54) is 22.2 Å². The summed E-state index contributed by atoms with van der Waals surface area (Å²) < 4.78 is 5.42. The molecule has 2 atom stereocenters. The first kappa shape index (κ1) is 26.3. The number of ketones is 1. The van der Waals surface area contributed by atoms with Gasteiger partial charge < -0.3 is 14.6 Å². The van der Waals surface area contributed by atoms with Gasteiger partial charge in [0.15, 0.2) is 5.78 Å². The summed E-state index contributed by atoms with van der Waals surface area (Å²) in [5.74, 6) is -0.896. The Morgan fingerprint density at radius 2 is 1.88 bits per heavy atom. The molecular formula is C26H38O5S. The third-order valence-corrected chi connectivity index (χ3v) is 7.41. The third kappa shape index (κ3) is 6.55. The van der Waals surface area contributed by atoms with Crippen LogP contribution < -0.4 is 5.63 Å². The maximum Gasteiger partial charge on any atom is 0.350 e. The molecule has 0 fully saturated rings. The quantitative estimate of drug-likeness (QED) is 0.351. The molecule has 0 aliphatic rings. The number of unbranched alkanes of at least 4 members (excludes halogenated alkanes) is 1. The van der Waals surface area contributed by atoms with Crippen molar-refractivity contribution in [2.24, 2.45) is 11.3 Å². The Morgan fingerprint density at radius 1 is 1.19 bits per heavy atom. The Labute approximate surface area is 195 Å². The van der Waals surface area contributed by atoms with Crippen molar-refractivity contribution in [1.82, 2.24) is 0 Å². The van der Waals surface area contributed by atoms with Crippen LogP contribution in [0.2, 0.25) is 0 Å². The molecule has 32 heavy (non-hydrogen) atoms. The molecule has 0 aliphatic heterocycles. The van der Waals surface area contributed by atoms with Crippen LogP contribution in [-0.4, -0.2) is 22.6 Å². The van der Waals surface area contributed by atoms with Gasteiger partial charge in [0.1, 0.15) is 17.1 Å². The number of Topliss-reactive ketones (excluding diaryl/α,β-unsaturated/α-hetero) is 1. The fourth-order valence-electron chi connectivity index (χ4n) is 4.35. The Morgan fingerprint density at radius 3 is 2.47 bits per heavy atom. The first-order valence-electron chi connectivity index (χ1n) is 11.7. The van der Waals surface area contributed by atoms with Gasteiger partial charge in [-0.25, -0.2) is 4.79 Å². The van der Waals surface area contributed by atoms with Gasteiger partial charge in [-0.15, -0.1) is 11.3 Å². The topological polar surface area (TPSA) is 87.7 Å². The van der Waals surface area contributed by atoms with E-state index < -0.39 is 11.5 Å². The molecule has 0 saturated heterocycles. The van der Waals surface area contributed by atoms with Crippen LogP contribution in [0.25, 0.3) is 0 Å². The van der Waals surface area contributed by atoms with Gasteiger partial charge in [0, 0.05) is 34.3 Å². The average Bonchev–Trinajstić information content (AvgIpc) is 3.16. The monoisotopic (exact) mass is 462 g/mol. The zero-order valence-electron chi connectivity index (χ0n) is 20.1. The van der Waals surface area contributed by atoms with Gasteiger partial charge in [0.05, 0.1) is 0 Å². The second kappa shape index (κ2) is 11.8. The van der Waals surface area contributed by atoms with Gasteiger partial charge in [-0.05, 0) is 56.1 Å². The van der Waals surface area contributed by atoms with Crippen molar-refractivity contribution >= 4 is 17.1 Å². The van der Waals surface area contributed by atoms with Gasteiger partial charge in [-0.3, -0.25) is 4.79 Å². The summed E-state index contributed by atoms with van der Waals surface area (Å²) in [4.78, 5) is 28.7. The lowest BCUT2D eigenvalue weighted by Crippen LogP contribution is -2.34. The Hall–Kier alpha value is -1.92. The molecule has 2 N–H and O–H groups in total. The molecule has 2 aromatic rings. The first-order chi connectivity index (χ1) is 15.1. The molecule has 2 heterocycles. The summed E-state index contributed by atoms with van der Waals surface area (Å²) in [5.41, 5.74) is -1.42. The minimum atomic E-state index is -0.784. The van der Waals surface area contributed by atoms with Crippen molar-refractivity contribution < 1.29 is 19.4 Å². The molecule has 0 radical (unpaired) electrons. The molecule has 0 amide bonds. The van der Waals surface area contributed by atoms with Crippen LogP contribution in [0.5, 0.6) is 5.75 Å². The molecular weight excluding hydrogens is 424 g/mol. The number of aliphatic hydroxyl groups is 1. The van der Waals surface area contributed by atoms with Gasteiger partial charge in [-0.1, -0.05) is 41.0 Å². The van der Waals surface area contributed by atoms with Crippen LogP contribution >= 0.6 is 11.3 Å². The lowest BCUT2D eigenvalue weighted by molar-refractivity contribution is 0.0780. The summed E-state index contributed by atoms with van der Waals surface area (Å²) in [6, 6.07) is 5.70. The summed E-state index contributed by atoms with van der Waals surface area (Å²) in [6.07, 6.45) is 5.90. The van der Waals surface area contributed by atoms with Crippen LogP contribution in [0.4, 0.5) is 0 Å². The van der Waals surface area contributed by atoms with Crippen molar-refractivity contribution in [2.75, 3.05) is 6.61 Å². The molecule has 2 rings (SSSR count). The Bertz CT molecular complexity index is 940. The predicted molar refractivity (Wildman–Crippen MR) is 130 cm³/mol. The normalized spacial score (nSPS) is 13.8. The van der Waals surface area contributed by atoms with E-state index >= 15 is 0 Å². The lowest BCUT2D eigenvalue weighted by atomic mass is 9.71. The number of aliphatic hydroxyl groups excluding tert-OH is 1. The Balaban J connectivity index is 2.25. The first-order valence-corrected chi connectivity index (χ1v) is 12.6. The van der Waals surface area contributed by atoms with Crippen molar-refractivity contribution in [3.63, 3.8) is 0 Å². The number of rotatable bonds is 13. The molecule has 0 aliphatic carbocycles. The van der Waals surface area contributed by atoms with Gasteiger partial charge in [-0.2, -0.15) is 0 Å². The van der Waals surface area contributed by atoms with E-state index in [-0.39, 0.29) is 35.0 Å². The zero-order valence-corrected chi connectivity index (χ0v) is 20.9. The SMILES string of the molecule is CCCCc1ccc(CC(C)(C)C(CC)C(=O)c2c(O)cc(C(C)CCCO)oc2=O)s1. The fraction of sp³-hybridized carbons (Fsp3) is 0.615. The van der Waals surface area contributed by atoms with Crippen LogP contribution in [0, 0.1) is 11.3 Å². The van der Waals surface area contributed by atoms with Crippen molar-refractivity contribution in [3.8, 4) is 5.75 Å². The summed E-state index contributed by atoms with van der Waals surface area (Å²) in [7, 11) is 0. The highest BCUT2D eigenvalue weighted by molar-refractivity contribution is 7.12. The second-order valence-corrected chi connectivity index (χ2v) is 10.7. The maximum atomic E-state index is 13.4. The zero-order chi connectivity index (χ0) is 23.9. The van der Waals surface area contributed by atoms with Crippen LogP contribution in [-0.2, 0) is 12.8 Å². The van der Waals surface area contributed by atoms with Gasteiger partial charge >= 0.3 is 5.63 Å². The van der Waals surface area contributed by atoms with Crippen LogP contribution in [0.1, 0.15) is 98.5 Å². The minimum Gasteiger partial charge on any atom is -0.507 e. The smallest absolute Gasteiger partial charge is 0.350 e. The molecule has 0 saturated carbocycles. The Kier molecular flexibility index (Phi) is 9.71. The van der Waals surface area contributed by atoms with E-state index in [0.29, 0.717) is 25.0 Å². The standard InChI is InChI=1S/C26H38O5S/c1-6-8-11-18-12-13-19(32-18)16-26(4,5)20(7-2)24(29)23-21(28)15-22(31-25(23)30)17(3)10-9-14-27/h12-13,15,17,20,27-28H,6-11,14,16H2,1-5H3. The molecule has 0 aromatic carbocycles. The molecule has 178 valence electrons. The van der Waals surface area contributed by atoms with Gasteiger partial charge in [0.2, 0.25) is 0 Å². The summed E-state index contributed by atoms with van der Waals surface area (Å²) in [5, 5.41) is 19.6. The summed E-state index contributed by atoms with van der Waals surface area (Å²) >= 11 is 1.79. The fourth-order valence-corrected chi connectivity index (χ4v) is 5.65. The van der Waals surface area contributed by atoms with E-state index in [4.69, 9.17) is 9.52 Å². The number of aryl methyl sites for hydroxylation is 1. The molecule has 0 bridgehead atoms. The van der Waals surface area contributed by atoms with Crippen molar-refractivity contribution in [1.29, 1.82) is 0 Å². The van der Waals surface area contributed by atoms with E-state index in [1.54, 1.807) is 11.3 Å². The molecule has 0 spiro atoms. The summed E-state index contributed by atoms with van der Waals surface area (Å²) in [6.45, 7) is 10.1. The third-order valence-electron chi connectivity index (χ3n) is 6.27. The van der Waals surface area contributed by atoms with E-state index in [0.717, 1.165) is 19.3 Å². The van der Waals surface area contributed by atoms with Crippen molar-refractivity contribution in [3.05, 3.63) is 49.7 Å². The largest absolute Gasteiger partial charge is 0.507 e. The highest BCUT2D eigenvalue weighted by Crippen LogP contribution is 2.38. The maximum absolute atomic E-state index is 13.4. The van der Waals surface area contributed by atoms with E-state index in [2.05, 4.69) is 32.9 Å². The predicted octanol–water partition coefficient (Wildman–Crippen LogP) is 6.10. The number of hydrogen-bond donors (Lipinski definition) is 2. The molecule has 6 heteroatoms. The van der Waals surface area contributed by atoms with Crippen LogP contribution in [0.15, 0.2) is 27.4 Å². The molecule has 5 nitrogen and oxygen atoms in total. The van der Waals surface area contributed by atoms with E-state index in [9.17, 15) is 14.7 Å². The van der Waals surface area contributed by atoms with Crippen molar-refractivity contribution in [2.45, 2.75) is 85.5 Å². The number of carbonyl (C=O) groups is 1. The van der Waals surface area contributed by atoms with Gasteiger partial charge in [0.25, 0.3) is 0 Å². The highest BCUT2D eigenvalue weighted by Gasteiger charge is 2.37. The lowest BCUT2D eigenvalue weighted by Gasteiger charge is -2.32. The number of thiophene rings is 1. The number of aromatic hydroxyl groups is 1. The number of hydrogen-bond acceptors (Lipinski definition) is 6. The van der Waals surface area contributed by atoms with Crippen LogP contribution in [0.3, 0.4) is 0 Å². The molecule has 2 aromatic heterocycles. The minimum absolute atomic E-state index is 0.0503. The van der Waals surface area contributed by atoms with E-state index in [1.807, 2.05) is 13.8 Å². The molecule has 2 unspecified atom stereocenters. The number of carbonyl (C=O) groups excluding carboxylic acids is 1. The average molecular weight is 463 g/mol. The highest BCUT2D eigenvalue weighted by atomic mass is 32.1.